The molecule has 1 fully saturated rings. The topological polar surface area (TPSA) is 21.3 Å². The van der Waals surface area contributed by atoms with Crippen LogP contribution in [0, 0.1) is 5.92 Å². The van der Waals surface area contributed by atoms with E-state index >= 15 is 0 Å². The molecule has 2 nitrogen and oxygen atoms in total. The highest BCUT2D eigenvalue weighted by molar-refractivity contribution is 5.35. The number of ether oxygens (including phenoxy) is 1. The van der Waals surface area contributed by atoms with E-state index in [-0.39, 0.29) is 0 Å². The molecule has 2 rings (SSSR count). The van der Waals surface area contributed by atoms with Gasteiger partial charge in [-0.1, -0.05) is 44.4 Å². The first kappa shape index (κ1) is 13.4. The predicted molar refractivity (Wildman–Crippen MR) is 76.0 cm³/mol. The van der Waals surface area contributed by atoms with Crippen LogP contribution in [0.1, 0.15) is 50.6 Å². The average Bonchev–Trinajstić information content (AvgIpc) is 2.35. The third-order valence-corrected chi connectivity index (χ3v) is 4.06. The van der Waals surface area contributed by atoms with Crippen molar-refractivity contribution in [2.24, 2.45) is 5.92 Å². The summed E-state index contributed by atoms with van der Waals surface area (Å²) in [4.78, 5) is 0. The molecule has 1 atom stereocenters. The Bertz CT molecular complexity index is 356. The van der Waals surface area contributed by atoms with Crippen LogP contribution in [0.15, 0.2) is 24.3 Å². The van der Waals surface area contributed by atoms with Crippen molar-refractivity contribution < 1.29 is 4.74 Å². The van der Waals surface area contributed by atoms with Gasteiger partial charge in [0.2, 0.25) is 0 Å². The van der Waals surface area contributed by atoms with Crippen molar-refractivity contribution in [3.8, 4) is 5.75 Å². The third-order valence-electron chi connectivity index (χ3n) is 4.06. The SMILES string of the molecule is CCC(NC)c1ccccc1OCCC1CCC1. The molecule has 1 aromatic carbocycles. The highest BCUT2D eigenvalue weighted by atomic mass is 16.5. The van der Waals surface area contributed by atoms with Crippen LogP contribution in [0.4, 0.5) is 0 Å². The quantitative estimate of drug-likeness (QED) is 0.788. The lowest BCUT2D eigenvalue weighted by molar-refractivity contribution is 0.220. The fourth-order valence-electron chi connectivity index (χ4n) is 2.60. The molecule has 100 valence electrons. The van der Waals surface area contributed by atoms with Crippen LogP contribution in [-0.2, 0) is 0 Å². The van der Waals surface area contributed by atoms with Gasteiger partial charge in [0.15, 0.2) is 0 Å². The van der Waals surface area contributed by atoms with Gasteiger partial charge in [-0.15, -0.1) is 0 Å². The van der Waals surface area contributed by atoms with E-state index in [0.29, 0.717) is 6.04 Å². The summed E-state index contributed by atoms with van der Waals surface area (Å²) in [6.07, 6.45) is 6.52. The van der Waals surface area contributed by atoms with Gasteiger partial charge >= 0.3 is 0 Å². The molecule has 0 bridgehead atoms. The summed E-state index contributed by atoms with van der Waals surface area (Å²) in [5.41, 5.74) is 1.29. The van der Waals surface area contributed by atoms with E-state index in [9.17, 15) is 0 Å². The Morgan fingerprint density at radius 1 is 1.33 bits per heavy atom. The first-order valence-electron chi connectivity index (χ1n) is 7.24. The summed E-state index contributed by atoms with van der Waals surface area (Å²) in [5.74, 6) is 1.97. The molecule has 0 heterocycles. The maximum absolute atomic E-state index is 5.99. The van der Waals surface area contributed by atoms with Crippen molar-refractivity contribution in [1.82, 2.24) is 5.32 Å². The Hall–Kier alpha value is -1.02. The van der Waals surface area contributed by atoms with Crippen LogP contribution < -0.4 is 10.1 Å². The zero-order chi connectivity index (χ0) is 12.8. The molecule has 1 aromatic rings. The molecule has 0 aromatic heterocycles. The number of hydrogen-bond donors (Lipinski definition) is 1. The van der Waals surface area contributed by atoms with Crippen molar-refractivity contribution in [3.63, 3.8) is 0 Å². The summed E-state index contributed by atoms with van der Waals surface area (Å²) < 4.78 is 5.99. The van der Waals surface area contributed by atoms with E-state index in [2.05, 4.69) is 36.5 Å². The minimum Gasteiger partial charge on any atom is -0.493 e. The van der Waals surface area contributed by atoms with Crippen molar-refractivity contribution in [3.05, 3.63) is 29.8 Å². The Kier molecular flexibility index (Phi) is 5.06. The molecule has 1 unspecified atom stereocenters. The van der Waals surface area contributed by atoms with E-state index in [1.165, 1.54) is 31.2 Å². The van der Waals surface area contributed by atoms with Crippen LogP contribution in [0.25, 0.3) is 0 Å². The minimum absolute atomic E-state index is 0.393. The summed E-state index contributed by atoms with van der Waals surface area (Å²) in [5, 5.41) is 3.35. The second kappa shape index (κ2) is 6.79. The maximum atomic E-state index is 5.99. The molecule has 1 aliphatic rings. The van der Waals surface area contributed by atoms with E-state index in [0.717, 1.165) is 24.7 Å². The van der Waals surface area contributed by atoms with E-state index < -0.39 is 0 Å². The number of hydrogen-bond acceptors (Lipinski definition) is 2. The first-order chi connectivity index (χ1) is 8.85. The molecule has 18 heavy (non-hydrogen) atoms. The van der Waals surface area contributed by atoms with Gasteiger partial charge in [0.05, 0.1) is 6.61 Å². The van der Waals surface area contributed by atoms with E-state index in [1.54, 1.807) is 0 Å². The predicted octanol–water partition coefficient (Wildman–Crippen LogP) is 3.93. The van der Waals surface area contributed by atoms with E-state index in [1.807, 2.05) is 7.05 Å². The van der Waals surface area contributed by atoms with Crippen LogP contribution in [0.5, 0.6) is 5.75 Å². The lowest BCUT2D eigenvalue weighted by Crippen LogP contribution is -2.18. The summed E-state index contributed by atoms with van der Waals surface area (Å²) >= 11 is 0. The largest absolute Gasteiger partial charge is 0.493 e. The van der Waals surface area contributed by atoms with Gasteiger partial charge in [-0.2, -0.15) is 0 Å². The first-order valence-corrected chi connectivity index (χ1v) is 7.24. The van der Waals surface area contributed by atoms with E-state index in [4.69, 9.17) is 4.74 Å². The lowest BCUT2D eigenvalue weighted by atomic mass is 9.83. The molecular formula is C16H25NO. The Morgan fingerprint density at radius 3 is 2.72 bits per heavy atom. The van der Waals surface area contributed by atoms with Gasteiger partial charge in [-0.3, -0.25) is 0 Å². The molecule has 1 saturated carbocycles. The van der Waals surface area contributed by atoms with Gasteiger partial charge in [0.25, 0.3) is 0 Å². The normalized spacial score (nSPS) is 17.2. The fourth-order valence-corrected chi connectivity index (χ4v) is 2.60. The summed E-state index contributed by atoms with van der Waals surface area (Å²) in [7, 11) is 2.01. The molecule has 0 spiro atoms. The molecular weight excluding hydrogens is 222 g/mol. The number of benzene rings is 1. The standard InChI is InChI=1S/C16H25NO/c1-3-15(17-2)14-9-4-5-10-16(14)18-12-11-13-7-6-8-13/h4-5,9-10,13,15,17H,3,6-8,11-12H2,1-2H3. The zero-order valence-electron chi connectivity index (χ0n) is 11.6. The Morgan fingerprint density at radius 2 is 2.11 bits per heavy atom. The van der Waals surface area contributed by atoms with Crippen LogP contribution in [0.2, 0.25) is 0 Å². The average molecular weight is 247 g/mol. The Labute approximate surface area is 111 Å². The fraction of sp³-hybridized carbons (Fsp3) is 0.625. The monoisotopic (exact) mass is 247 g/mol. The van der Waals surface area contributed by atoms with Gasteiger partial charge in [-0.25, -0.2) is 0 Å². The number of nitrogens with one attached hydrogen (secondary N) is 1. The van der Waals surface area contributed by atoms with Crippen LogP contribution >= 0.6 is 0 Å². The highest BCUT2D eigenvalue weighted by Gasteiger charge is 2.17. The number of para-hydroxylation sites is 1. The minimum atomic E-state index is 0.393. The smallest absolute Gasteiger partial charge is 0.124 e. The van der Waals surface area contributed by atoms with Gasteiger partial charge < -0.3 is 10.1 Å². The van der Waals surface area contributed by atoms with Crippen LogP contribution in [-0.4, -0.2) is 13.7 Å². The molecule has 0 aliphatic heterocycles. The molecule has 1 aliphatic carbocycles. The van der Waals surface area contributed by atoms with Crippen LogP contribution in [0.3, 0.4) is 0 Å². The maximum Gasteiger partial charge on any atom is 0.124 e. The summed E-state index contributed by atoms with van der Waals surface area (Å²) in [6.45, 7) is 3.06. The lowest BCUT2D eigenvalue weighted by Gasteiger charge is -2.25. The van der Waals surface area contributed by atoms with Crippen molar-refractivity contribution in [2.75, 3.05) is 13.7 Å². The summed E-state index contributed by atoms with van der Waals surface area (Å²) in [6, 6.07) is 8.81. The molecule has 2 heteroatoms. The zero-order valence-corrected chi connectivity index (χ0v) is 11.6. The molecule has 0 saturated heterocycles. The van der Waals surface area contributed by atoms with Crippen molar-refractivity contribution >= 4 is 0 Å². The molecule has 0 radical (unpaired) electrons. The second-order valence-corrected chi connectivity index (χ2v) is 5.22. The van der Waals surface area contributed by atoms with Gasteiger partial charge in [0.1, 0.15) is 5.75 Å². The van der Waals surface area contributed by atoms with Gasteiger partial charge in [0, 0.05) is 11.6 Å². The third kappa shape index (κ3) is 3.26. The molecule has 0 amide bonds. The second-order valence-electron chi connectivity index (χ2n) is 5.22. The number of rotatable bonds is 7. The van der Waals surface area contributed by atoms with Crippen molar-refractivity contribution in [1.29, 1.82) is 0 Å². The molecule has 1 N–H and O–H groups in total. The Balaban J connectivity index is 1.93. The van der Waals surface area contributed by atoms with Gasteiger partial charge in [-0.05, 0) is 31.9 Å². The van der Waals surface area contributed by atoms with Crippen molar-refractivity contribution in [2.45, 2.75) is 45.1 Å². The highest BCUT2D eigenvalue weighted by Crippen LogP contribution is 2.31.